The Morgan fingerprint density at radius 2 is 1.80 bits per heavy atom. The van der Waals surface area contributed by atoms with Crippen LogP contribution >= 0.6 is 0 Å². The standard InChI is InChI=1S/C19H28N2O4/c1-6-16(23)21(14-9-10-14)11-15(22)17-12(4)18(19(24)25-8-3)20(7-2)13(17)5/h14H,6-11H2,1-5H3. The quantitative estimate of drug-likeness (QED) is 0.535. The van der Waals surface area contributed by atoms with Crippen molar-refractivity contribution >= 4 is 17.7 Å². The minimum Gasteiger partial charge on any atom is -0.461 e. The van der Waals surface area contributed by atoms with E-state index in [2.05, 4.69) is 0 Å². The lowest BCUT2D eigenvalue weighted by molar-refractivity contribution is -0.130. The number of hydrogen-bond acceptors (Lipinski definition) is 4. The summed E-state index contributed by atoms with van der Waals surface area (Å²) in [5, 5.41) is 0. The van der Waals surface area contributed by atoms with Gasteiger partial charge in [-0.15, -0.1) is 0 Å². The van der Waals surface area contributed by atoms with Crippen LogP contribution in [-0.4, -0.2) is 46.3 Å². The topological polar surface area (TPSA) is 68.6 Å². The molecule has 25 heavy (non-hydrogen) atoms. The Balaban J connectivity index is 2.36. The fourth-order valence-electron chi connectivity index (χ4n) is 3.41. The average Bonchev–Trinajstić information content (AvgIpc) is 3.37. The van der Waals surface area contributed by atoms with Gasteiger partial charge in [-0.2, -0.15) is 0 Å². The van der Waals surface area contributed by atoms with Gasteiger partial charge in [0.1, 0.15) is 5.69 Å². The fourth-order valence-corrected chi connectivity index (χ4v) is 3.41. The highest BCUT2D eigenvalue weighted by atomic mass is 16.5. The third-order valence-corrected chi connectivity index (χ3v) is 4.76. The molecular weight excluding hydrogens is 320 g/mol. The minimum absolute atomic E-state index is 0.00620. The van der Waals surface area contributed by atoms with Crippen molar-refractivity contribution in [2.24, 2.45) is 0 Å². The molecule has 0 aromatic carbocycles. The van der Waals surface area contributed by atoms with E-state index in [-0.39, 0.29) is 30.9 Å². The summed E-state index contributed by atoms with van der Waals surface area (Å²) < 4.78 is 6.97. The van der Waals surface area contributed by atoms with Gasteiger partial charge in [0.05, 0.1) is 13.2 Å². The SMILES string of the molecule is CCOC(=O)c1c(C)c(C(=O)CN(C(=O)CC)C2CC2)c(C)n1CC. The Kier molecular flexibility index (Phi) is 6.03. The van der Waals surface area contributed by atoms with Crippen molar-refractivity contribution in [3.8, 4) is 0 Å². The number of nitrogens with zero attached hydrogens (tertiary/aromatic N) is 2. The molecule has 1 amide bonds. The summed E-state index contributed by atoms with van der Waals surface area (Å²) in [4.78, 5) is 39.1. The summed E-state index contributed by atoms with van der Waals surface area (Å²) in [5.41, 5.74) is 2.37. The van der Waals surface area contributed by atoms with E-state index in [0.717, 1.165) is 18.5 Å². The summed E-state index contributed by atoms with van der Waals surface area (Å²) in [5.74, 6) is -0.513. The molecule has 0 atom stereocenters. The Morgan fingerprint density at radius 1 is 1.16 bits per heavy atom. The molecule has 0 saturated heterocycles. The number of rotatable bonds is 8. The van der Waals surface area contributed by atoms with E-state index < -0.39 is 5.97 Å². The predicted molar refractivity (Wildman–Crippen MR) is 94.9 cm³/mol. The molecule has 1 aromatic heterocycles. The van der Waals surface area contributed by atoms with Gasteiger partial charge >= 0.3 is 5.97 Å². The lowest BCUT2D eigenvalue weighted by Gasteiger charge is -2.21. The molecule has 6 nitrogen and oxygen atoms in total. The number of ketones is 1. The van der Waals surface area contributed by atoms with E-state index in [0.29, 0.717) is 29.8 Å². The molecule has 1 aliphatic carbocycles. The lowest BCUT2D eigenvalue weighted by Crippen LogP contribution is -2.37. The maximum Gasteiger partial charge on any atom is 0.355 e. The zero-order valence-corrected chi connectivity index (χ0v) is 15.8. The zero-order chi connectivity index (χ0) is 18.7. The van der Waals surface area contributed by atoms with Gasteiger partial charge in [-0.25, -0.2) is 4.79 Å². The Morgan fingerprint density at radius 3 is 2.28 bits per heavy atom. The van der Waals surface area contributed by atoms with Crippen molar-refractivity contribution in [2.75, 3.05) is 13.2 Å². The molecule has 0 bridgehead atoms. The van der Waals surface area contributed by atoms with Gasteiger partial charge in [0.25, 0.3) is 0 Å². The number of carbonyl (C=O) groups excluding carboxylic acids is 3. The molecular formula is C19H28N2O4. The molecule has 1 aromatic rings. The van der Waals surface area contributed by atoms with Crippen LogP contribution in [0.3, 0.4) is 0 Å². The first kappa shape index (κ1) is 19.2. The Hall–Kier alpha value is -2.11. The first-order chi connectivity index (χ1) is 11.9. The van der Waals surface area contributed by atoms with Gasteiger partial charge < -0.3 is 14.2 Å². The van der Waals surface area contributed by atoms with Gasteiger partial charge in [-0.3, -0.25) is 9.59 Å². The molecule has 1 saturated carbocycles. The van der Waals surface area contributed by atoms with Crippen LogP contribution in [0.15, 0.2) is 0 Å². The smallest absolute Gasteiger partial charge is 0.355 e. The molecule has 2 rings (SSSR count). The second-order valence-corrected chi connectivity index (χ2v) is 6.43. The monoisotopic (exact) mass is 348 g/mol. The maximum atomic E-state index is 13.0. The fraction of sp³-hybridized carbons (Fsp3) is 0.632. The van der Waals surface area contributed by atoms with Crippen LogP contribution in [0.5, 0.6) is 0 Å². The highest BCUT2D eigenvalue weighted by Crippen LogP contribution is 2.29. The van der Waals surface area contributed by atoms with E-state index in [9.17, 15) is 14.4 Å². The zero-order valence-electron chi connectivity index (χ0n) is 15.8. The molecule has 1 fully saturated rings. The summed E-state index contributed by atoms with van der Waals surface area (Å²) in [7, 11) is 0. The molecule has 1 heterocycles. The third kappa shape index (κ3) is 3.78. The average molecular weight is 348 g/mol. The molecule has 0 N–H and O–H groups in total. The molecule has 0 spiro atoms. The van der Waals surface area contributed by atoms with Gasteiger partial charge in [-0.05, 0) is 46.1 Å². The molecule has 138 valence electrons. The molecule has 0 aliphatic heterocycles. The van der Waals surface area contributed by atoms with Crippen molar-refractivity contribution in [3.05, 3.63) is 22.5 Å². The van der Waals surface area contributed by atoms with E-state index in [1.165, 1.54) is 0 Å². The number of aromatic nitrogens is 1. The van der Waals surface area contributed by atoms with Gasteiger partial charge in [0.15, 0.2) is 5.78 Å². The second kappa shape index (κ2) is 7.85. The number of amides is 1. The molecule has 0 radical (unpaired) electrons. The number of esters is 1. The van der Waals surface area contributed by atoms with Crippen molar-refractivity contribution in [2.45, 2.75) is 66.5 Å². The summed E-state index contributed by atoms with van der Waals surface area (Å²) in [6.45, 7) is 10.1. The maximum absolute atomic E-state index is 13.0. The van der Waals surface area contributed by atoms with Crippen molar-refractivity contribution in [1.82, 2.24) is 9.47 Å². The van der Waals surface area contributed by atoms with Crippen molar-refractivity contribution in [3.63, 3.8) is 0 Å². The van der Waals surface area contributed by atoms with Crippen LogP contribution in [0.2, 0.25) is 0 Å². The summed E-state index contributed by atoms with van der Waals surface area (Å²) >= 11 is 0. The van der Waals surface area contributed by atoms with E-state index in [4.69, 9.17) is 4.74 Å². The van der Waals surface area contributed by atoms with Gasteiger partial charge in [-0.1, -0.05) is 6.92 Å². The minimum atomic E-state index is -0.410. The molecule has 6 heteroatoms. The van der Waals surface area contributed by atoms with Gasteiger partial charge in [0.2, 0.25) is 5.91 Å². The Labute approximate surface area is 149 Å². The largest absolute Gasteiger partial charge is 0.461 e. The normalized spacial score (nSPS) is 13.6. The van der Waals surface area contributed by atoms with Crippen LogP contribution in [-0.2, 0) is 16.1 Å². The molecule has 1 aliphatic rings. The summed E-state index contributed by atoms with van der Waals surface area (Å²) in [6.07, 6.45) is 2.31. The highest BCUT2D eigenvalue weighted by molar-refractivity contribution is 6.04. The number of Topliss-reactive ketones (excluding diaryl/α,β-unsaturated/α-hetero) is 1. The van der Waals surface area contributed by atoms with E-state index in [1.54, 1.807) is 18.7 Å². The summed E-state index contributed by atoms with van der Waals surface area (Å²) in [6, 6.07) is 0.190. The van der Waals surface area contributed by atoms with Crippen LogP contribution in [0, 0.1) is 13.8 Å². The van der Waals surface area contributed by atoms with E-state index in [1.807, 2.05) is 25.3 Å². The number of hydrogen-bond donors (Lipinski definition) is 0. The first-order valence-corrected chi connectivity index (χ1v) is 9.06. The first-order valence-electron chi connectivity index (χ1n) is 9.06. The Bertz CT molecular complexity index is 686. The van der Waals surface area contributed by atoms with Crippen LogP contribution in [0.25, 0.3) is 0 Å². The second-order valence-electron chi connectivity index (χ2n) is 6.43. The van der Waals surface area contributed by atoms with Crippen LogP contribution in [0.4, 0.5) is 0 Å². The highest BCUT2D eigenvalue weighted by Gasteiger charge is 2.35. The van der Waals surface area contributed by atoms with Gasteiger partial charge in [0, 0.05) is 30.3 Å². The third-order valence-electron chi connectivity index (χ3n) is 4.76. The van der Waals surface area contributed by atoms with Crippen molar-refractivity contribution in [1.29, 1.82) is 0 Å². The van der Waals surface area contributed by atoms with E-state index >= 15 is 0 Å². The van der Waals surface area contributed by atoms with Crippen LogP contribution in [0.1, 0.15) is 72.1 Å². The molecule has 0 unspecified atom stereocenters. The number of ether oxygens (including phenoxy) is 1. The predicted octanol–water partition coefficient (Wildman–Crippen LogP) is 2.89. The lowest BCUT2D eigenvalue weighted by atomic mass is 10.0. The van der Waals surface area contributed by atoms with Crippen molar-refractivity contribution < 1.29 is 19.1 Å². The number of carbonyl (C=O) groups is 3. The van der Waals surface area contributed by atoms with Crippen LogP contribution < -0.4 is 0 Å².